The average Bonchev–Trinajstić information content (AvgIpc) is 2.75. The number of ether oxygens (including phenoxy) is 2. The first-order chi connectivity index (χ1) is 13.9. The molecule has 0 amide bonds. The molecule has 0 aliphatic carbocycles. The number of nitriles is 1. The van der Waals surface area contributed by atoms with Crippen molar-refractivity contribution in [3.05, 3.63) is 65.7 Å². The highest BCUT2D eigenvalue weighted by atomic mass is 16.6. The van der Waals surface area contributed by atoms with Crippen LogP contribution in [0.1, 0.15) is 38.3 Å². The van der Waals surface area contributed by atoms with Gasteiger partial charge in [-0.15, -0.1) is 0 Å². The molecule has 0 spiro atoms. The summed E-state index contributed by atoms with van der Waals surface area (Å²) in [6, 6.07) is 17.1. The van der Waals surface area contributed by atoms with E-state index in [9.17, 15) is 9.59 Å². The standard InChI is InChI=1S/C24H25NO4/c1-4-24(2,3)23(27)29-16-15-28-22(26)14-9-18-5-10-20(11-6-18)21-12-7-19(17-25)8-13-21/h5-14H,4,15-16H2,1-3H3. The van der Waals surface area contributed by atoms with Gasteiger partial charge in [0.15, 0.2) is 0 Å². The molecule has 0 aliphatic rings. The second-order valence-electron chi connectivity index (χ2n) is 7.19. The molecule has 2 aromatic carbocycles. The first kappa shape index (κ1) is 21.9. The highest BCUT2D eigenvalue weighted by Crippen LogP contribution is 2.22. The monoisotopic (exact) mass is 391 g/mol. The largest absolute Gasteiger partial charge is 0.462 e. The molecule has 0 aromatic heterocycles. The molecule has 0 bridgehead atoms. The minimum atomic E-state index is -0.534. The fourth-order valence-electron chi connectivity index (χ4n) is 2.35. The minimum absolute atomic E-state index is 0.0202. The van der Waals surface area contributed by atoms with Crippen LogP contribution in [-0.4, -0.2) is 25.2 Å². The zero-order valence-electron chi connectivity index (χ0n) is 17.0. The predicted molar refractivity (Wildman–Crippen MR) is 112 cm³/mol. The maximum atomic E-state index is 11.8. The molecular formula is C24H25NO4. The van der Waals surface area contributed by atoms with Crippen LogP contribution in [0.15, 0.2) is 54.6 Å². The summed E-state index contributed by atoms with van der Waals surface area (Å²) in [6.07, 6.45) is 3.68. The number of carbonyl (C=O) groups is 2. The van der Waals surface area contributed by atoms with Crippen LogP contribution in [0.2, 0.25) is 0 Å². The van der Waals surface area contributed by atoms with Crippen molar-refractivity contribution in [2.75, 3.05) is 13.2 Å². The van der Waals surface area contributed by atoms with Crippen LogP contribution in [-0.2, 0) is 19.1 Å². The van der Waals surface area contributed by atoms with Gasteiger partial charge in [0.05, 0.1) is 17.0 Å². The van der Waals surface area contributed by atoms with Crippen molar-refractivity contribution in [2.24, 2.45) is 5.41 Å². The van der Waals surface area contributed by atoms with Gasteiger partial charge in [0, 0.05) is 6.08 Å². The molecule has 0 fully saturated rings. The Labute approximate surface area is 171 Å². The molecule has 0 unspecified atom stereocenters. The summed E-state index contributed by atoms with van der Waals surface area (Å²) in [5.74, 6) is -0.791. The van der Waals surface area contributed by atoms with E-state index >= 15 is 0 Å². The topological polar surface area (TPSA) is 76.4 Å². The van der Waals surface area contributed by atoms with Crippen LogP contribution in [0.5, 0.6) is 0 Å². The Kier molecular flexibility index (Phi) is 7.73. The van der Waals surface area contributed by atoms with E-state index in [4.69, 9.17) is 14.7 Å². The third-order valence-electron chi connectivity index (χ3n) is 4.67. The number of hydrogen-bond acceptors (Lipinski definition) is 5. The lowest BCUT2D eigenvalue weighted by atomic mass is 9.91. The second-order valence-corrected chi connectivity index (χ2v) is 7.19. The molecule has 29 heavy (non-hydrogen) atoms. The highest BCUT2D eigenvalue weighted by molar-refractivity contribution is 5.87. The summed E-state index contributed by atoms with van der Waals surface area (Å²) in [5, 5.41) is 8.86. The van der Waals surface area contributed by atoms with Crippen molar-refractivity contribution < 1.29 is 19.1 Å². The van der Waals surface area contributed by atoms with Crippen LogP contribution in [0.3, 0.4) is 0 Å². The van der Waals surface area contributed by atoms with Gasteiger partial charge in [-0.3, -0.25) is 4.79 Å². The van der Waals surface area contributed by atoms with E-state index < -0.39 is 11.4 Å². The van der Waals surface area contributed by atoms with Crippen molar-refractivity contribution in [1.29, 1.82) is 5.26 Å². The van der Waals surface area contributed by atoms with Crippen molar-refractivity contribution in [3.8, 4) is 17.2 Å². The van der Waals surface area contributed by atoms with Gasteiger partial charge in [-0.05, 0) is 55.2 Å². The van der Waals surface area contributed by atoms with Crippen molar-refractivity contribution in [1.82, 2.24) is 0 Å². The molecule has 0 saturated carbocycles. The summed E-state index contributed by atoms with van der Waals surface area (Å²) in [4.78, 5) is 23.6. The van der Waals surface area contributed by atoms with Gasteiger partial charge in [-0.1, -0.05) is 43.3 Å². The summed E-state index contributed by atoms with van der Waals surface area (Å²) >= 11 is 0. The molecule has 0 N–H and O–H groups in total. The van der Waals surface area contributed by atoms with Crippen molar-refractivity contribution in [3.63, 3.8) is 0 Å². The maximum absolute atomic E-state index is 11.8. The van der Waals surface area contributed by atoms with Crippen molar-refractivity contribution in [2.45, 2.75) is 27.2 Å². The quantitative estimate of drug-likeness (QED) is 0.368. The number of carbonyl (C=O) groups excluding carboxylic acids is 2. The van der Waals surface area contributed by atoms with Gasteiger partial charge in [-0.25, -0.2) is 4.79 Å². The molecule has 0 aliphatic heterocycles. The fourth-order valence-corrected chi connectivity index (χ4v) is 2.35. The summed E-state index contributed by atoms with van der Waals surface area (Å²) in [6.45, 7) is 5.61. The van der Waals surface area contributed by atoms with Gasteiger partial charge in [0.1, 0.15) is 13.2 Å². The lowest BCUT2D eigenvalue weighted by Crippen LogP contribution is -2.27. The Hall–Kier alpha value is -3.39. The van der Waals surface area contributed by atoms with Crippen LogP contribution < -0.4 is 0 Å². The Morgan fingerprint density at radius 2 is 1.52 bits per heavy atom. The number of nitrogens with zero attached hydrogens (tertiary/aromatic N) is 1. The number of benzene rings is 2. The molecule has 0 radical (unpaired) electrons. The van der Waals surface area contributed by atoms with Crippen LogP contribution in [0.4, 0.5) is 0 Å². The first-order valence-corrected chi connectivity index (χ1v) is 9.48. The Bertz CT molecular complexity index is 903. The van der Waals surface area contributed by atoms with E-state index in [1.807, 2.05) is 57.2 Å². The summed E-state index contributed by atoms with van der Waals surface area (Å²) in [7, 11) is 0. The number of hydrogen-bond donors (Lipinski definition) is 0. The second kappa shape index (κ2) is 10.2. The normalized spacial score (nSPS) is 11.1. The van der Waals surface area contributed by atoms with Gasteiger partial charge in [-0.2, -0.15) is 5.26 Å². The third-order valence-corrected chi connectivity index (χ3v) is 4.67. The molecule has 150 valence electrons. The molecule has 5 heteroatoms. The highest BCUT2D eigenvalue weighted by Gasteiger charge is 2.26. The smallest absolute Gasteiger partial charge is 0.330 e. The molecule has 0 heterocycles. The van der Waals surface area contributed by atoms with E-state index in [2.05, 4.69) is 6.07 Å². The third kappa shape index (κ3) is 6.62. The summed E-state index contributed by atoms with van der Waals surface area (Å²) in [5.41, 5.74) is 2.98. The van der Waals surface area contributed by atoms with E-state index in [1.165, 1.54) is 6.08 Å². The molecule has 2 aromatic rings. The Morgan fingerprint density at radius 3 is 2.07 bits per heavy atom. The Balaban J connectivity index is 1.81. The average molecular weight is 391 g/mol. The van der Waals surface area contributed by atoms with Gasteiger partial charge in [0.25, 0.3) is 0 Å². The van der Waals surface area contributed by atoms with E-state index in [0.29, 0.717) is 12.0 Å². The van der Waals surface area contributed by atoms with Gasteiger partial charge >= 0.3 is 11.9 Å². The lowest BCUT2D eigenvalue weighted by Gasteiger charge is -2.20. The van der Waals surface area contributed by atoms with E-state index in [0.717, 1.165) is 16.7 Å². The fraction of sp³-hybridized carbons (Fsp3) is 0.292. The number of esters is 2. The molecular weight excluding hydrogens is 366 g/mol. The predicted octanol–water partition coefficient (Wildman–Crippen LogP) is 4.76. The SMILES string of the molecule is CCC(C)(C)C(=O)OCCOC(=O)C=Cc1ccc(-c2ccc(C#N)cc2)cc1. The first-order valence-electron chi connectivity index (χ1n) is 9.48. The lowest BCUT2D eigenvalue weighted by molar-refractivity contribution is -0.157. The van der Waals surface area contributed by atoms with Gasteiger partial charge < -0.3 is 9.47 Å². The van der Waals surface area contributed by atoms with E-state index in [-0.39, 0.29) is 19.2 Å². The zero-order chi connectivity index (χ0) is 21.3. The Morgan fingerprint density at radius 1 is 0.966 bits per heavy atom. The maximum Gasteiger partial charge on any atom is 0.330 e. The van der Waals surface area contributed by atoms with Crippen LogP contribution >= 0.6 is 0 Å². The van der Waals surface area contributed by atoms with Gasteiger partial charge in [0.2, 0.25) is 0 Å². The molecule has 0 saturated heterocycles. The van der Waals surface area contributed by atoms with Crippen molar-refractivity contribution >= 4 is 18.0 Å². The van der Waals surface area contributed by atoms with Crippen LogP contribution in [0, 0.1) is 16.7 Å². The summed E-state index contributed by atoms with van der Waals surface area (Å²) < 4.78 is 10.2. The van der Waals surface area contributed by atoms with E-state index in [1.54, 1.807) is 18.2 Å². The minimum Gasteiger partial charge on any atom is -0.462 e. The number of rotatable bonds is 8. The molecule has 5 nitrogen and oxygen atoms in total. The zero-order valence-corrected chi connectivity index (χ0v) is 17.0. The molecule has 0 atom stereocenters. The van der Waals surface area contributed by atoms with Crippen LogP contribution in [0.25, 0.3) is 17.2 Å². The molecule has 2 rings (SSSR count).